The quantitative estimate of drug-likeness (QED) is 0.116. The number of carbonyl (C=O) groups is 4. The van der Waals surface area contributed by atoms with Crippen molar-refractivity contribution in [3.8, 4) is 24.7 Å². The normalized spacial score (nSPS) is 8.29. The van der Waals surface area contributed by atoms with E-state index < -0.39 is 11.9 Å². The first kappa shape index (κ1) is 33.5. The van der Waals surface area contributed by atoms with Gasteiger partial charge in [-0.1, -0.05) is 25.3 Å². The zero-order valence-corrected chi connectivity index (χ0v) is 21.9. The third-order valence-electron chi connectivity index (χ3n) is 2.95. The van der Waals surface area contributed by atoms with Gasteiger partial charge in [0.05, 0.1) is 12.0 Å². The lowest BCUT2D eigenvalue weighted by atomic mass is 10.4. The third-order valence-corrected chi connectivity index (χ3v) is 4.99. The molecule has 0 bridgehead atoms. The van der Waals surface area contributed by atoms with E-state index in [4.69, 9.17) is 21.1 Å². The highest BCUT2D eigenvalue weighted by atomic mass is 35.5. The number of rotatable bonds is 7. The molecule has 0 unspecified atom stereocenters. The minimum Gasteiger partial charge on any atom is -1.00 e. The summed E-state index contributed by atoms with van der Waals surface area (Å²) in [4.78, 5) is 43.9. The Morgan fingerprint density at radius 3 is 1.66 bits per heavy atom. The molecule has 0 aliphatic rings. The molecule has 0 saturated heterocycles. The molecule has 0 aromatic carbocycles. The lowest BCUT2D eigenvalue weighted by Gasteiger charge is -2.04. The number of methoxy groups -OCH3 is 1. The predicted octanol–water partition coefficient (Wildman–Crippen LogP) is 5.36. The van der Waals surface area contributed by atoms with Crippen molar-refractivity contribution < 1.29 is 36.2 Å². The fraction of sp³-hybridized carbons (Fsp3) is 0.200. The Morgan fingerprint density at radius 2 is 1.37 bits per heavy atom. The molecule has 0 amide bonds. The van der Waals surface area contributed by atoms with Crippen LogP contribution >= 0.6 is 34.3 Å². The fourth-order valence-electron chi connectivity index (χ4n) is 1.42. The smallest absolute Gasteiger partial charge is 0.348 e. The number of hydrogen-bond donors (Lipinski definition) is 0. The Morgan fingerprint density at radius 1 is 0.914 bits per heavy atom. The van der Waals surface area contributed by atoms with E-state index in [1.807, 2.05) is 17.2 Å². The number of halogens is 1. The summed E-state index contributed by atoms with van der Waals surface area (Å²) in [6.07, 6.45) is 9.08. The molecule has 0 aliphatic heterocycles. The largest absolute Gasteiger partial charge is 1.00 e. The van der Waals surface area contributed by atoms with Crippen molar-refractivity contribution in [2.75, 3.05) is 20.3 Å². The van der Waals surface area contributed by atoms with Crippen molar-refractivity contribution >= 4 is 57.4 Å². The monoisotopic (exact) mass is 542 g/mol. The van der Waals surface area contributed by atoms with Crippen molar-refractivity contribution in [2.24, 2.45) is 0 Å². The summed E-state index contributed by atoms with van der Waals surface area (Å²) in [6.45, 7) is 10.0. The molecule has 2 aromatic heterocycles. The maximum absolute atomic E-state index is 11.3. The molecule has 0 radical (unpaired) electrons. The summed E-state index contributed by atoms with van der Waals surface area (Å²) in [5.74, 6) is 2.69. The molecule has 0 atom stereocenters. The van der Waals surface area contributed by atoms with Crippen LogP contribution in [0.4, 0.5) is 0 Å². The van der Waals surface area contributed by atoms with E-state index in [0.717, 1.165) is 0 Å². The van der Waals surface area contributed by atoms with Crippen LogP contribution in [0, 0.1) is 24.7 Å². The fourth-order valence-corrected chi connectivity index (χ4v) is 2.79. The van der Waals surface area contributed by atoms with Crippen LogP contribution in [0.1, 0.15) is 36.0 Å². The van der Waals surface area contributed by atoms with Crippen LogP contribution in [0.3, 0.4) is 0 Å². The molecule has 7 nitrogen and oxygen atoms in total. The molecular weight excluding hydrogens is 512 g/mol. The van der Waals surface area contributed by atoms with Gasteiger partial charge < -0.3 is 17.1 Å². The number of ether oxygens (including phenoxy) is 3. The first-order chi connectivity index (χ1) is 16.5. The lowest BCUT2D eigenvalue weighted by molar-refractivity contribution is -0.140. The van der Waals surface area contributed by atoms with Gasteiger partial charge in [-0.2, -0.15) is 0 Å². The van der Waals surface area contributed by atoms with Gasteiger partial charge in [0.2, 0.25) is 0 Å². The van der Waals surface area contributed by atoms with Gasteiger partial charge in [-0.25, -0.2) is 14.4 Å². The zero-order valence-electron chi connectivity index (χ0n) is 21.5. The highest BCUT2D eigenvalue weighted by Crippen LogP contribution is 2.10. The molecule has 0 aliphatic carbocycles. The third kappa shape index (κ3) is 18.5. The van der Waals surface area contributed by atoms with Crippen LogP contribution in [0.25, 0.3) is 0 Å². The van der Waals surface area contributed by atoms with Crippen molar-refractivity contribution in [1.82, 2.24) is 0 Å². The average Bonchev–Trinajstić information content (AvgIpc) is 3.56. The second-order valence-corrected chi connectivity index (χ2v) is 8.08. The van der Waals surface area contributed by atoms with Gasteiger partial charge in [0.25, 0.3) is 5.24 Å². The van der Waals surface area contributed by atoms with E-state index in [1.165, 1.54) is 29.8 Å². The van der Waals surface area contributed by atoms with Crippen LogP contribution in [0.15, 0.2) is 59.3 Å². The highest BCUT2D eigenvalue weighted by Gasteiger charge is 2.08. The SMILES string of the molecule is C#CC#C.C=C(C)C(=O)OC.C=C(C)C(=O)OCCOC(=O)c1cccs1.O=C(Cl)c1cccs1.[3H-].[3H-]. The molecule has 35 heavy (non-hydrogen) atoms. The summed E-state index contributed by atoms with van der Waals surface area (Å²) in [6, 6.07) is 6.93. The Hall–Kier alpha value is -3.63. The zero-order chi connectivity index (χ0) is 27.2. The number of hydrogen-bond acceptors (Lipinski definition) is 9. The van der Waals surface area contributed by atoms with Gasteiger partial charge in [0, 0.05) is 11.1 Å². The minimum absolute atomic E-state index is 0. The molecule has 190 valence electrons. The van der Waals surface area contributed by atoms with E-state index in [2.05, 4.69) is 30.7 Å². The molecule has 0 saturated carbocycles. The van der Waals surface area contributed by atoms with Crippen molar-refractivity contribution in [2.45, 2.75) is 13.8 Å². The van der Waals surface area contributed by atoms with Crippen LogP contribution in [0.5, 0.6) is 0 Å². The molecule has 0 fully saturated rings. The first-order valence-electron chi connectivity index (χ1n) is 9.43. The second-order valence-electron chi connectivity index (χ2n) is 5.84. The second kappa shape index (κ2) is 20.9. The standard InChI is InChI=1S/C11H12O4S.C5H3ClOS.C5H8O2.C4H2.2H/c1-8(2)10(12)14-5-6-15-11(13)9-4-3-7-16-9;6-5(7)4-2-1-3-8-4;1-4(2)5(6)7-3;1-3-4-2;;/h3-4,7H,1,5-6H2,2H3;1-3H;1H2,2-3H3;1-2H;;/q;;;;2*-1/i;;;;2*1+2. The van der Waals surface area contributed by atoms with Gasteiger partial charge >= 0.3 is 17.9 Å². The highest BCUT2D eigenvalue weighted by molar-refractivity contribution is 7.14. The van der Waals surface area contributed by atoms with Gasteiger partial charge in [0.15, 0.2) is 0 Å². The van der Waals surface area contributed by atoms with Crippen molar-refractivity contribution in [1.29, 1.82) is 0 Å². The summed E-state index contributed by atoms with van der Waals surface area (Å²) < 4.78 is 13.9. The van der Waals surface area contributed by atoms with Gasteiger partial charge in [-0.15, -0.1) is 35.5 Å². The molecule has 2 heterocycles. The number of carbonyl (C=O) groups excluding carboxylic acids is 4. The maximum atomic E-state index is 11.3. The number of terminal acetylenes is 2. The van der Waals surface area contributed by atoms with Gasteiger partial charge in [-0.05, 0) is 60.2 Å². The summed E-state index contributed by atoms with van der Waals surface area (Å²) in [5, 5.41) is 3.23. The van der Waals surface area contributed by atoms with Crippen molar-refractivity contribution in [3.05, 3.63) is 69.1 Å². The minimum atomic E-state index is -0.479. The van der Waals surface area contributed by atoms with E-state index in [1.54, 1.807) is 43.5 Å². The summed E-state index contributed by atoms with van der Waals surface area (Å²) >= 11 is 7.77. The van der Waals surface area contributed by atoms with E-state index in [-0.39, 0.29) is 27.3 Å². The maximum Gasteiger partial charge on any atom is 0.348 e. The Bertz CT molecular complexity index is 1040. The van der Waals surface area contributed by atoms with Crippen LogP contribution < -0.4 is 0 Å². The van der Waals surface area contributed by atoms with Crippen LogP contribution in [0.2, 0.25) is 0 Å². The molecule has 10 heteroatoms. The molecule has 2 aromatic rings. The topological polar surface area (TPSA) is 96.0 Å². The predicted molar refractivity (Wildman–Crippen MR) is 142 cm³/mol. The summed E-state index contributed by atoms with van der Waals surface area (Å²) in [5.41, 5.74) is 0.757. The van der Waals surface area contributed by atoms with Crippen molar-refractivity contribution in [3.63, 3.8) is 0 Å². The number of esters is 3. The van der Waals surface area contributed by atoms with Crippen LogP contribution in [-0.2, 0) is 23.8 Å². The average molecular weight is 543 g/mol. The van der Waals surface area contributed by atoms with Crippen LogP contribution in [-0.4, -0.2) is 43.5 Å². The Labute approximate surface area is 221 Å². The first-order valence-corrected chi connectivity index (χ1v) is 11.6. The van der Waals surface area contributed by atoms with Gasteiger partial charge in [0.1, 0.15) is 18.1 Å². The molecule has 0 spiro atoms. The number of thiophene rings is 2. The van der Waals surface area contributed by atoms with E-state index >= 15 is 0 Å². The molecular formula is C25H27ClO7S2-2. The Kier molecular flexibility index (Phi) is 20.1. The molecule has 2 rings (SSSR count). The van der Waals surface area contributed by atoms with E-state index in [0.29, 0.717) is 20.9 Å². The Balaban J connectivity index is -0.000000219. The van der Waals surface area contributed by atoms with E-state index in [9.17, 15) is 19.2 Å². The summed E-state index contributed by atoms with van der Waals surface area (Å²) in [7, 11) is 1.33. The van der Waals surface area contributed by atoms with Gasteiger partial charge in [-0.3, -0.25) is 4.79 Å². The lowest BCUT2D eigenvalue weighted by Crippen LogP contribution is -2.13. The molecule has 0 N–H and O–H groups in total.